The molecular weight excluding hydrogens is 528 g/mol. The molecule has 0 fully saturated rings. The molecule has 1 N–H and O–H groups in total. The number of oxazole rings is 1. The van der Waals surface area contributed by atoms with E-state index in [1.165, 1.54) is 39.2 Å². The van der Waals surface area contributed by atoms with Gasteiger partial charge in [-0.15, -0.1) is 0 Å². The Kier molecular flexibility index (Phi) is 7.38. The standard InChI is InChI=1S/C15H13BrN2O.C11H8N2O2S/c1-9-7-10(2)14-13(8-9)18-15(19-14)17-12-5-3-11(16)4-6-12;14-9-5-1-3-7-12(9)11(16)13-8-4-2-6-10(13)15/h3-8H,1-2H3,(H,17,18);1-8H. The molecule has 3 heterocycles. The molecule has 2 aromatic carbocycles. The molecular formula is C26H21BrN4O3S. The lowest BCUT2D eigenvalue weighted by molar-refractivity contribution is 0.620. The Morgan fingerprint density at radius 2 is 1.51 bits per heavy atom. The van der Waals surface area contributed by atoms with Crippen LogP contribution >= 0.6 is 28.1 Å². The minimum absolute atomic E-state index is 0.149. The monoisotopic (exact) mass is 548 g/mol. The fourth-order valence-electron chi connectivity index (χ4n) is 3.37. The first-order chi connectivity index (χ1) is 16.8. The van der Waals surface area contributed by atoms with Crippen molar-refractivity contribution in [2.45, 2.75) is 13.8 Å². The van der Waals surface area contributed by atoms with Crippen molar-refractivity contribution in [3.05, 3.63) is 121 Å². The second-order valence-corrected chi connectivity index (χ2v) is 8.96. The first-order valence-electron chi connectivity index (χ1n) is 10.6. The molecule has 5 rings (SSSR count). The van der Waals surface area contributed by atoms with Crippen LogP contribution in [0.15, 0.2) is 104 Å². The Labute approximate surface area is 214 Å². The van der Waals surface area contributed by atoms with Gasteiger partial charge < -0.3 is 9.73 Å². The van der Waals surface area contributed by atoms with Crippen molar-refractivity contribution >= 4 is 56.1 Å². The molecule has 0 bridgehead atoms. The van der Waals surface area contributed by atoms with Crippen LogP contribution in [0.5, 0.6) is 0 Å². The molecule has 0 saturated carbocycles. The van der Waals surface area contributed by atoms with E-state index < -0.39 is 0 Å². The average molecular weight is 549 g/mol. The van der Waals surface area contributed by atoms with Crippen molar-refractivity contribution in [3.8, 4) is 0 Å². The fourth-order valence-corrected chi connectivity index (χ4v) is 3.94. The molecule has 9 heteroatoms. The van der Waals surface area contributed by atoms with E-state index >= 15 is 0 Å². The Morgan fingerprint density at radius 1 is 0.914 bits per heavy atom. The molecule has 0 unspecified atom stereocenters. The first kappa shape index (κ1) is 24.3. The number of halogens is 1. The second kappa shape index (κ2) is 10.6. The third kappa shape index (κ3) is 5.82. The van der Waals surface area contributed by atoms with Gasteiger partial charge in [-0.05, 0) is 79.7 Å². The number of rotatable bonds is 2. The normalized spacial score (nSPS) is 10.5. The Morgan fingerprint density at radius 3 is 2.09 bits per heavy atom. The molecule has 7 nitrogen and oxygen atoms in total. The van der Waals surface area contributed by atoms with Gasteiger partial charge in [0.2, 0.25) is 0 Å². The highest BCUT2D eigenvalue weighted by molar-refractivity contribution is 9.10. The van der Waals surface area contributed by atoms with Crippen LogP contribution in [0, 0.1) is 13.8 Å². The molecule has 0 aliphatic rings. The Hall–Kier alpha value is -3.82. The SMILES string of the molecule is Cc1cc(C)c2oc(Nc3ccc(Br)cc3)nc2c1.O=c1ccccn1C(=S)n1ccccc1=O. The zero-order chi connectivity index (χ0) is 24.9. The maximum Gasteiger partial charge on any atom is 0.300 e. The van der Waals surface area contributed by atoms with E-state index in [4.69, 9.17) is 16.6 Å². The fraction of sp³-hybridized carbons (Fsp3) is 0.0769. The lowest BCUT2D eigenvalue weighted by atomic mass is 10.1. The van der Waals surface area contributed by atoms with Gasteiger partial charge in [0.05, 0.1) is 0 Å². The molecule has 3 aromatic heterocycles. The Bertz CT molecular complexity index is 1570. The number of fused-ring (bicyclic) bond motifs is 1. The summed E-state index contributed by atoms with van der Waals surface area (Å²) in [6, 6.07) is 21.9. The molecule has 0 saturated heterocycles. The number of nitrogens with zero attached hydrogens (tertiary/aromatic N) is 3. The molecule has 0 spiro atoms. The van der Waals surface area contributed by atoms with E-state index in [-0.39, 0.29) is 16.2 Å². The van der Waals surface area contributed by atoms with Crippen LogP contribution in [-0.4, -0.2) is 19.2 Å². The summed E-state index contributed by atoms with van der Waals surface area (Å²) in [6.45, 7) is 4.09. The van der Waals surface area contributed by atoms with Crippen molar-refractivity contribution in [2.24, 2.45) is 0 Å². The van der Waals surface area contributed by atoms with Crippen molar-refractivity contribution in [1.82, 2.24) is 14.1 Å². The lowest BCUT2D eigenvalue weighted by Gasteiger charge is -2.08. The molecule has 5 aromatic rings. The number of hydrogen-bond donors (Lipinski definition) is 1. The molecule has 0 aliphatic heterocycles. The topological polar surface area (TPSA) is 82.1 Å². The number of nitrogens with one attached hydrogen (secondary N) is 1. The highest BCUT2D eigenvalue weighted by Gasteiger charge is 2.09. The van der Waals surface area contributed by atoms with Crippen LogP contribution in [-0.2, 0) is 0 Å². The number of hydrogen-bond acceptors (Lipinski definition) is 6. The van der Waals surface area contributed by atoms with E-state index in [9.17, 15) is 9.59 Å². The van der Waals surface area contributed by atoms with Crippen LogP contribution < -0.4 is 16.4 Å². The Balaban J connectivity index is 0.000000168. The van der Waals surface area contributed by atoms with Crippen molar-refractivity contribution in [3.63, 3.8) is 0 Å². The highest BCUT2D eigenvalue weighted by atomic mass is 79.9. The van der Waals surface area contributed by atoms with E-state index in [1.807, 2.05) is 37.3 Å². The van der Waals surface area contributed by atoms with Gasteiger partial charge in [-0.2, -0.15) is 4.98 Å². The van der Waals surface area contributed by atoms with Gasteiger partial charge in [0.15, 0.2) is 10.7 Å². The predicted molar refractivity (Wildman–Crippen MR) is 146 cm³/mol. The zero-order valence-corrected chi connectivity index (χ0v) is 21.3. The van der Waals surface area contributed by atoms with E-state index in [0.29, 0.717) is 6.01 Å². The summed E-state index contributed by atoms with van der Waals surface area (Å²) in [7, 11) is 0. The van der Waals surface area contributed by atoms with Crippen molar-refractivity contribution < 1.29 is 4.42 Å². The average Bonchev–Trinajstić information content (AvgIpc) is 3.24. The van der Waals surface area contributed by atoms with Gasteiger partial charge in [-0.1, -0.05) is 34.1 Å². The largest absolute Gasteiger partial charge is 0.423 e. The van der Waals surface area contributed by atoms with Gasteiger partial charge in [-0.3, -0.25) is 18.7 Å². The number of pyridine rings is 2. The van der Waals surface area contributed by atoms with Crippen LogP contribution in [0.2, 0.25) is 0 Å². The zero-order valence-electron chi connectivity index (χ0n) is 18.9. The van der Waals surface area contributed by atoms with Crippen LogP contribution in [0.4, 0.5) is 11.7 Å². The summed E-state index contributed by atoms with van der Waals surface area (Å²) in [5.41, 5.74) is 4.44. The molecule has 0 radical (unpaired) electrons. The lowest BCUT2D eigenvalue weighted by Crippen LogP contribution is -2.35. The molecule has 0 aliphatic carbocycles. The summed E-state index contributed by atoms with van der Waals surface area (Å²) in [4.78, 5) is 27.5. The maximum atomic E-state index is 11.5. The summed E-state index contributed by atoms with van der Waals surface area (Å²) in [6.07, 6.45) is 3.06. The van der Waals surface area contributed by atoms with Gasteiger partial charge in [0.1, 0.15) is 5.52 Å². The van der Waals surface area contributed by atoms with Crippen LogP contribution in [0.25, 0.3) is 11.1 Å². The van der Waals surface area contributed by atoms with Crippen molar-refractivity contribution in [2.75, 3.05) is 5.32 Å². The number of aryl methyl sites for hydroxylation is 2. The molecule has 0 amide bonds. The van der Waals surface area contributed by atoms with Crippen molar-refractivity contribution in [1.29, 1.82) is 0 Å². The number of anilines is 2. The number of benzene rings is 2. The third-order valence-electron chi connectivity index (χ3n) is 4.97. The van der Waals surface area contributed by atoms with Gasteiger partial charge in [-0.25, -0.2) is 0 Å². The quantitative estimate of drug-likeness (QED) is 0.287. The minimum atomic E-state index is -0.261. The first-order valence-corrected chi connectivity index (χ1v) is 11.8. The summed E-state index contributed by atoms with van der Waals surface area (Å²) in [5.74, 6) is 0. The van der Waals surface area contributed by atoms with Crippen LogP contribution in [0.1, 0.15) is 11.1 Å². The maximum absolute atomic E-state index is 11.5. The minimum Gasteiger partial charge on any atom is -0.423 e. The van der Waals surface area contributed by atoms with Crippen LogP contribution in [0.3, 0.4) is 0 Å². The number of aromatic nitrogens is 3. The second-order valence-electron chi connectivity index (χ2n) is 7.68. The van der Waals surface area contributed by atoms with Gasteiger partial charge in [0, 0.05) is 34.7 Å². The van der Waals surface area contributed by atoms with E-state index in [2.05, 4.69) is 39.2 Å². The van der Waals surface area contributed by atoms with E-state index in [0.717, 1.165) is 26.8 Å². The van der Waals surface area contributed by atoms with E-state index in [1.54, 1.807) is 24.3 Å². The molecule has 0 atom stereocenters. The highest BCUT2D eigenvalue weighted by Crippen LogP contribution is 2.26. The summed E-state index contributed by atoms with van der Waals surface area (Å²) in [5, 5.41) is 3.32. The smallest absolute Gasteiger partial charge is 0.300 e. The summed E-state index contributed by atoms with van der Waals surface area (Å²) >= 11 is 8.50. The predicted octanol–water partition coefficient (Wildman–Crippen LogP) is 5.64. The molecule has 176 valence electrons. The molecule has 35 heavy (non-hydrogen) atoms. The summed E-state index contributed by atoms with van der Waals surface area (Å²) < 4.78 is 9.29. The third-order valence-corrected chi connectivity index (χ3v) is 5.89. The number of thiocarbonyl (C=S) groups is 1. The van der Waals surface area contributed by atoms with Gasteiger partial charge in [0.25, 0.3) is 17.1 Å². The van der Waals surface area contributed by atoms with Gasteiger partial charge >= 0.3 is 0 Å².